The molecule has 8 nitrogen and oxygen atoms in total. The minimum Gasteiger partial charge on any atom is -0.480 e. The Morgan fingerprint density at radius 3 is 2.38 bits per heavy atom. The SMILES string of the molecule is C=CCN(CCC(NC(=O)OC(C)(C)C)C(=O)O)c1c(F)cccc1NC(=O)C(F)(F)F. The number of anilines is 2. The standard InChI is InChI=1S/C20H25F4N3O5/c1-5-10-27(11-9-14(16(28)29)26-18(31)32-19(2,3)4)15-12(21)7-6-8-13(15)25-17(30)20(22,23)24/h5-8,14H,1,9-11H2,2-4H3,(H,25,30)(H,26,31)(H,28,29). The lowest BCUT2D eigenvalue weighted by Crippen LogP contribution is -2.45. The van der Waals surface area contributed by atoms with Gasteiger partial charge in [-0.1, -0.05) is 12.1 Å². The van der Waals surface area contributed by atoms with Crippen LogP contribution in [0.15, 0.2) is 30.9 Å². The van der Waals surface area contributed by atoms with E-state index < -0.39 is 47.3 Å². The highest BCUT2D eigenvalue weighted by molar-refractivity contribution is 5.98. The zero-order valence-electron chi connectivity index (χ0n) is 17.8. The predicted molar refractivity (Wildman–Crippen MR) is 109 cm³/mol. The van der Waals surface area contributed by atoms with E-state index in [1.165, 1.54) is 11.0 Å². The van der Waals surface area contributed by atoms with Crippen molar-refractivity contribution in [3.8, 4) is 0 Å². The van der Waals surface area contributed by atoms with Gasteiger partial charge >= 0.3 is 24.1 Å². The third kappa shape index (κ3) is 8.44. The fourth-order valence-corrected chi connectivity index (χ4v) is 2.57. The first kappa shape index (κ1) is 26.7. The summed E-state index contributed by atoms with van der Waals surface area (Å²) in [5.74, 6) is -4.63. The Kier molecular flexibility index (Phi) is 9.04. The number of amides is 2. The maximum Gasteiger partial charge on any atom is 0.471 e. The third-order valence-electron chi connectivity index (χ3n) is 3.83. The Balaban J connectivity index is 3.10. The van der Waals surface area contributed by atoms with Crippen molar-refractivity contribution in [3.05, 3.63) is 36.7 Å². The summed E-state index contributed by atoms with van der Waals surface area (Å²) in [4.78, 5) is 36.0. The number of hydrogen-bond donors (Lipinski definition) is 3. The van der Waals surface area contributed by atoms with Crippen LogP contribution in [-0.4, -0.2) is 54.0 Å². The molecule has 0 saturated heterocycles. The van der Waals surface area contributed by atoms with Crippen molar-refractivity contribution in [2.24, 2.45) is 0 Å². The first-order valence-electron chi connectivity index (χ1n) is 9.40. The molecular weight excluding hydrogens is 438 g/mol. The highest BCUT2D eigenvalue weighted by Crippen LogP contribution is 2.31. The number of alkyl halides is 3. The van der Waals surface area contributed by atoms with Crippen molar-refractivity contribution in [3.63, 3.8) is 0 Å². The van der Waals surface area contributed by atoms with Crippen LogP contribution in [0.25, 0.3) is 0 Å². The van der Waals surface area contributed by atoms with Gasteiger partial charge in [0.25, 0.3) is 0 Å². The van der Waals surface area contributed by atoms with Crippen LogP contribution in [0.4, 0.5) is 33.7 Å². The number of halogens is 4. The number of hydrogen-bond acceptors (Lipinski definition) is 5. The maximum absolute atomic E-state index is 14.5. The molecule has 1 unspecified atom stereocenters. The molecule has 0 saturated carbocycles. The highest BCUT2D eigenvalue weighted by Gasteiger charge is 2.39. The molecule has 0 aliphatic rings. The number of carboxylic acid groups (broad SMARTS) is 1. The van der Waals surface area contributed by atoms with Crippen molar-refractivity contribution in [2.75, 3.05) is 23.3 Å². The summed E-state index contributed by atoms with van der Waals surface area (Å²) >= 11 is 0. The highest BCUT2D eigenvalue weighted by atomic mass is 19.4. The molecule has 12 heteroatoms. The van der Waals surface area contributed by atoms with Crippen molar-refractivity contribution < 1.29 is 41.8 Å². The van der Waals surface area contributed by atoms with Crippen LogP contribution in [0.5, 0.6) is 0 Å². The number of rotatable bonds is 9. The number of benzene rings is 1. The Hall–Kier alpha value is -3.31. The molecule has 1 rings (SSSR count). The van der Waals surface area contributed by atoms with Gasteiger partial charge < -0.3 is 25.4 Å². The van der Waals surface area contributed by atoms with Gasteiger partial charge in [-0.15, -0.1) is 6.58 Å². The lowest BCUT2D eigenvalue weighted by Gasteiger charge is -2.28. The molecule has 0 bridgehead atoms. The molecule has 0 spiro atoms. The number of carbonyl (C=O) groups excluding carboxylic acids is 2. The van der Waals surface area contributed by atoms with Crippen molar-refractivity contribution in [1.82, 2.24) is 5.32 Å². The molecule has 32 heavy (non-hydrogen) atoms. The second-order valence-corrected chi connectivity index (χ2v) is 7.65. The molecule has 1 aromatic carbocycles. The van der Waals surface area contributed by atoms with E-state index in [9.17, 15) is 37.1 Å². The Labute approximate surface area is 182 Å². The fraction of sp³-hybridized carbons (Fsp3) is 0.450. The third-order valence-corrected chi connectivity index (χ3v) is 3.83. The van der Waals surface area contributed by atoms with Gasteiger partial charge in [0.2, 0.25) is 0 Å². The van der Waals surface area contributed by atoms with Crippen molar-refractivity contribution in [1.29, 1.82) is 0 Å². The molecular formula is C20H25F4N3O5. The first-order valence-corrected chi connectivity index (χ1v) is 9.40. The predicted octanol–water partition coefficient (Wildman–Crippen LogP) is 3.69. The van der Waals surface area contributed by atoms with Crippen LogP contribution in [0.3, 0.4) is 0 Å². The summed E-state index contributed by atoms with van der Waals surface area (Å²) in [5.41, 5.74) is -1.71. The van der Waals surface area contributed by atoms with Gasteiger partial charge in [-0.2, -0.15) is 13.2 Å². The molecule has 3 N–H and O–H groups in total. The van der Waals surface area contributed by atoms with Crippen LogP contribution < -0.4 is 15.5 Å². The lowest BCUT2D eigenvalue weighted by molar-refractivity contribution is -0.167. The van der Waals surface area contributed by atoms with Gasteiger partial charge in [0.05, 0.1) is 11.4 Å². The van der Waals surface area contributed by atoms with Gasteiger partial charge in [0.1, 0.15) is 17.5 Å². The minimum atomic E-state index is -5.20. The number of nitrogens with one attached hydrogen (secondary N) is 2. The van der Waals surface area contributed by atoms with Crippen LogP contribution in [-0.2, 0) is 14.3 Å². The summed E-state index contributed by atoms with van der Waals surface area (Å²) in [5, 5.41) is 13.2. The van der Waals surface area contributed by atoms with Crippen molar-refractivity contribution >= 4 is 29.3 Å². The van der Waals surface area contributed by atoms with E-state index in [0.29, 0.717) is 0 Å². The van der Waals surface area contributed by atoms with Gasteiger partial charge in [-0.3, -0.25) is 4.79 Å². The Morgan fingerprint density at radius 2 is 1.88 bits per heavy atom. The summed E-state index contributed by atoms with van der Waals surface area (Å²) in [7, 11) is 0. The molecule has 178 valence electrons. The molecule has 2 amide bonds. The van der Waals surface area contributed by atoms with E-state index in [1.807, 2.05) is 0 Å². The number of carbonyl (C=O) groups is 3. The molecule has 0 heterocycles. The Morgan fingerprint density at radius 1 is 1.25 bits per heavy atom. The normalized spacial score (nSPS) is 12.5. The van der Waals surface area contributed by atoms with Crippen LogP contribution in [0, 0.1) is 5.82 Å². The van der Waals surface area contributed by atoms with Crippen LogP contribution in [0.1, 0.15) is 27.2 Å². The quantitative estimate of drug-likeness (QED) is 0.381. The van der Waals surface area contributed by atoms with E-state index in [-0.39, 0.29) is 25.2 Å². The van der Waals surface area contributed by atoms with E-state index in [2.05, 4.69) is 11.9 Å². The number of ether oxygens (including phenoxy) is 1. The molecule has 0 aliphatic carbocycles. The van der Waals surface area contributed by atoms with Gasteiger partial charge in [0.15, 0.2) is 0 Å². The van der Waals surface area contributed by atoms with Gasteiger partial charge in [0, 0.05) is 13.1 Å². The average molecular weight is 463 g/mol. The van der Waals surface area contributed by atoms with Crippen LogP contribution in [0.2, 0.25) is 0 Å². The molecule has 0 fully saturated rings. The van der Waals surface area contributed by atoms with Crippen molar-refractivity contribution in [2.45, 2.75) is 45.0 Å². The summed E-state index contributed by atoms with van der Waals surface area (Å²) in [6.45, 7) is 7.96. The zero-order valence-corrected chi connectivity index (χ0v) is 17.8. The lowest BCUT2D eigenvalue weighted by atomic mass is 10.1. The molecule has 1 atom stereocenters. The largest absolute Gasteiger partial charge is 0.480 e. The number of alkyl carbamates (subject to hydrolysis) is 1. The van der Waals surface area contributed by atoms with Gasteiger partial charge in [-0.25, -0.2) is 14.0 Å². The van der Waals surface area contributed by atoms with E-state index in [1.54, 1.807) is 26.1 Å². The van der Waals surface area contributed by atoms with Crippen LogP contribution >= 0.6 is 0 Å². The minimum absolute atomic E-state index is 0.0887. The number of para-hydroxylation sites is 1. The summed E-state index contributed by atoms with van der Waals surface area (Å²) in [6.07, 6.45) is -5.12. The topological polar surface area (TPSA) is 108 Å². The number of nitrogens with zero attached hydrogens (tertiary/aromatic N) is 1. The van der Waals surface area contributed by atoms with E-state index in [4.69, 9.17) is 4.74 Å². The summed E-state index contributed by atoms with van der Waals surface area (Å²) in [6, 6.07) is 1.73. The second-order valence-electron chi connectivity index (χ2n) is 7.65. The smallest absolute Gasteiger partial charge is 0.471 e. The first-order chi connectivity index (χ1) is 14.7. The second kappa shape index (κ2) is 10.8. The number of aliphatic carboxylic acids is 1. The monoisotopic (exact) mass is 463 g/mol. The fourth-order valence-electron chi connectivity index (χ4n) is 2.57. The zero-order chi connectivity index (χ0) is 24.7. The average Bonchev–Trinajstić information content (AvgIpc) is 2.62. The summed E-state index contributed by atoms with van der Waals surface area (Å²) < 4.78 is 57.5. The maximum atomic E-state index is 14.5. The van der Waals surface area contributed by atoms with Gasteiger partial charge in [-0.05, 0) is 39.3 Å². The number of carboxylic acids is 1. The molecule has 0 aliphatic heterocycles. The molecule has 1 aromatic rings. The Bertz CT molecular complexity index is 853. The molecule has 0 radical (unpaired) electrons. The molecule has 0 aromatic heterocycles. The van der Waals surface area contributed by atoms with E-state index in [0.717, 1.165) is 18.2 Å². The van der Waals surface area contributed by atoms with E-state index >= 15 is 0 Å².